The summed E-state index contributed by atoms with van der Waals surface area (Å²) in [7, 11) is 0. The van der Waals surface area contributed by atoms with Gasteiger partial charge in [-0.15, -0.1) is 0 Å². The van der Waals surface area contributed by atoms with E-state index in [1.54, 1.807) is 6.07 Å². The number of nitrogens with one attached hydrogen (secondary N) is 1. The number of carbonyl (C=O) groups excluding carboxylic acids is 1. The Morgan fingerprint density at radius 2 is 2.07 bits per heavy atom. The summed E-state index contributed by atoms with van der Waals surface area (Å²) < 4.78 is 24.5. The normalized spacial score (nSPS) is 15.4. The fourth-order valence-corrected chi connectivity index (χ4v) is 4.01. The van der Waals surface area contributed by atoms with Crippen molar-refractivity contribution in [3.63, 3.8) is 0 Å². The highest BCUT2D eigenvalue weighted by Crippen LogP contribution is 2.32. The van der Waals surface area contributed by atoms with E-state index in [0.29, 0.717) is 29.5 Å². The monoisotopic (exact) mass is 411 g/mol. The lowest BCUT2D eigenvalue weighted by Gasteiger charge is -2.31. The highest BCUT2D eigenvalue weighted by atomic mass is 19.1. The lowest BCUT2D eigenvalue weighted by molar-refractivity contribution is -0.114. The first kappa shape index (κ1) is 20.3. The highest BCUT2D eigenvalue weighted by molar-refractivity contribution is 5.90. The molecule has 0 radical (unpaired) electrons. The number of halogens is 1. The van der Waals surface area contributed by atoms with E-state index in [1.807, 2.05) is 24.3 Å². The maximum absolute atomic E-state index is 13.3. The summed E-state index contributed by atoms with van der Waals surface area (Å²) in [5.41, 5.74) is 2.16. The summed E-state index contributed by atoms with van der Waals surface area (Å²) in [5, 5.41) is 7.92. The first-order chi connectivity index (χ1) is 14.6. The van der Waals surface area contributed by atoms with E-state index in [0.717, 1.165) is 50.0 Å². The number of hydrogen-bond acceptors (Lipinski definition) is 5. The van der Waals surface area contributed by atoms with Crippen LogP contribution in [-0.2, 0) is 4.79 Å². The van der Waals surface area contributed by atoms with Crippen LogP contribution in [0.5, 0.6) is 5.75 Å². The average Bonchev–Trinajstić information content (AvgIpc) is 3.15. The molecular weight excluding hydrogens is 385 g/mol. The van der Waals surface area contributed by atoms with Gasteiger partial charge in [0.15, 0.2) is 5.58 Å². The van der Waals surface area contributed by atoms with Crippen LogP contribution in [0.3, 0.4) is 0 Å². The Kier molecular flexibility index (Phi) is 6.28. The number of hydrogen-bond donors (Lipinski definition) is 1. The minimum Gasteiger partial charge on any atom is -0.491 e. The molecule has 1 fully saturated rings. The van der Waals surface area contributed by atoms with Crippen LogP contribution in [0.1, 0.15) is 37.8 Å². The Hall–Kier alpha value is -2.93. The molecule has 6 nitrogen and oxygen atoms in total. The van der Waals surface area contributed by atoms with Crippen LogP contribution in [0.4, 0.5) is 10.1 Å². The third-order valence-corrected chi connectivity index (χ3v) is 5.51. The summed E-state index contributed by atoms with van der Waals surface area (Å²) in [6, 6.07) is 12.1. The van der Waals surface area contributed by atoms with Crippen molar-refractivity contribution in [1.82, 2.24) is 10.1 Å². The van der Waals surface area contributed by atoms with Gasteiger partial charge in [0, 0.05) is 30.8 Å². The molecule has 0 saturated carbocycles. The number of anilines is 1. The van der Waals surface area contributed by atoms with Crippen molar-refractivity contribution >= 4 is 22.6 Å². The van der Waals surface area contributed by atoms with E-state index in [4.69, 9.17) is 9.26 Å². The maximum Gasteiger partial charge on any atom is 0.221 e. The average molecular weight is 411 g/mol. The van der Waals surface area contributed by atoms with Gasteiger partial charge in [0.25, 0.3) is 0 Å². The van der Waals surface area contributed by atoms with Crippen LogP contribution in [0.25, 0.3) is 11.0 Å². The molecule has 2 heterocycles. The van der Waals surface area contributed by atoms with Crippen molar-refractivity contribution < 1.29 is 18.4 Å². The summed E-state index contributed by atoms with van der Waals surface area (Å²) in [6.45, 7) is 5.02. The predicted molar refractivity (Wildman–Crippen MR) is 113 cm³/mol. The summed E-state index contributed by atoms with van der Waals surface area (Å²) in [5.74, 6) is 0.621. The van der Waals surface area contributed by atoms with E-state index < -0.39 is 0 Å². The van der Waals surface area contributed by atoms with E-state index >= 15 is 0 Å². The van der Waals surface area contributed by atoms with E-state index in [2.05, 4.69) is 15.4 Å². The molecule has 1 amide bonds. The number of amides is 1. The van der Waals surface area contributed by atoms with Gasteiger partial charge in [0.05, 0.1) is 18.0 Å². The number of fused-ring (bicyclic) bond motifs is 1. The second kappa shape index (κ2) is 9.26. The molecule has 7 heteroatoms. The van der Waals surface area contributed by atoms with Crippen LogP contribution in [0.2, 0.25) is 0 Å². The van der Waals surface area contributed by atoms with E-state index in [9.17, 15) is 9.18 Å². The zero-order valence-electron chi connectivity index (χ0n) is 17.1. The number of rotatable bonds is 7. The van der Waals surface area contributed by atoms with Crippen molar-refractivity contribution in [3.8, 4) is 5.75 Å². The first-order valence-electron chi connectivity index (χ1n) is 10.4. The van der Waals surface area contributed by atoms with Crippen LogP contribution in [0.15, 0.2) is 47.0 Å². The summed E-state index contributed by atoms with van der Waals surface area (Å²) in [6.07, 6.45) is 2.92. The van der Waals surface area contributed by atoms with Gasteiger partial charge >= 0.3 is 0 Å². The fourth-order valence-electron chi connectivity index (χ4n) is 4.01. The van der Waals surface area contributed by atoms with Gasteiger partial charge in [-0.1, -0.05) is 17.3 Å². The molecule has 1 N–H and O–H groups in total. The molecule has 1 saturated heterocycles. The molecule has 0 bridgehead atoms. The third kappa shape index (κ3) is 4.79. The second-order valence-corrected chi connectivity index (χ2v) is 7.70. The molecule has 3 aromatic rings. The Morgan fingerprint density at radius 3 is 2.87 bits per heavy atom. The number of carbonyl (C=O) groups is 1. The number of benzene rings is 2. The fraction of sp³-hybridized carbons (Fsp3) is 0.391. The molecular formula is C23H26FN3O3. The van der Waals surface area contributed by atoms with Gasteiger partial charge in [-0.25, -0.2) is 4.39 Å². The largest absolute Gasteiger partial charge is 0.491 e. The molecule has 4 rings (SSSR count). The molecule has 0 aliphatic carbocycles. The van der Waals surface area contributed by atoms with Gasteiger partial charge in [0.2, 0.25) is 5.91 Å². The lowest BCUT2D eigenvalue weighted by Crippen LogP contribution is -2.34. The Labute approximate surface area is 175 Å². The molecule has 158 valence electrons. The molecule has 0 unspecified atom stereocenters. The number of likely N-dealkylation sites (tertiary alicyclic amines) is 1. The van der Waals surface area contributed by atoms with Crippen molar-refractivity contribution in [1.29, 1.82) is 0 Å². The highest BCUT2D eigenvalue weighted by Gasteiger charge is 2.25. The number of nitrogens with zero attached hydrogens (tertiary/aromatic N) is 2. The molecule has 1 aromatic heterocycles. The zero-order chi connectivity index (χ0) is 20.9. The summed E-state index contributed by atoms with van der Waals surface area (Å²) in [4.78, 5) is 13.7. The molecule has 1 aliphatic rings. The Bertz CT molecular complexity index is 1010. The van der Waals surface area contributed by atoms with Crippen molar-refractivity contribution in [2.75, 3.05) is 31.6 Å². The molecule has 0 atom stereocenters. The molecule has 2 aromatic carbocycles. The van der Waals surface area contributed by atoms with Crippen LogP contribution < -0.4 is 10.1 Å². The van der Waals surface area contributed by atoms with E-state index in [1.165, 1.54) is 19.1 Å². The zero-order valence-corrected chi connectivity index (χ0v) is 17.1. The molecule has 0 spiro atoms. The SMILES string of the molecule is CC(=O)Nc1ccccc1OCCCN1CCC(c2noc3cc(F)ccc23)CC1. The van der Waals surface area contributed by atoms with Gasteiger partial charge in [-0.3, -0.25) is 4.79 Å². The first-order valence-corrected chi connectivity index (χ1v) is 10.4. The summed E-state index contributed by atoms with van der Waals surface area (Å²) >= 11 is 0. The number of para-hydroxylation sites is 2. The van der Waals surface area contributed by atoms with Crippen LogP contribution in [-0.4, -0.2) is 42.2 Å². The van der Waals surface area contributed by atoms with Crippen LogP contribution >= 0.6 is 0 Å². The minimum atomic E-state index is -0.304. The maximum atomic E-state index is 13.3. The van der Waals surface area contributed by atoms with Gasteiger partial charge < -0.3 is 19.5 Å². The van der Waals surface area contributed by atoms with Gasteiger partial charge in [-0.2, -0.15) is 0 Å². The van der Waals surface area contributed by atoms with Crippen LogP contribution in [0, 0.1) is 5.82 Å². The minimum absolute atomic E-state index is 0.112. The van der Waals surface area contributed by atoms with Gasteiger partial charge in [0.1, 0.15) is 11.6 Å². The predicted octanol–water partition coefficient (Wildman–Crippen LogP) is 4.57. The molecule has 1 aliphatic heterocycles. The second-order valence-electron chi connectivity index (χ2n) is 7.70. The third-order valence-electron chi connectivity index (χ3n) is 5.51. The number of ether oxygens (including phenoxy) is 1. The molecule has 30 heavy (non-hydrogen) atoms. The Morgan fingerprint density at radius 1 is 1.27 bits per heavy atom. The standard InChI is InChI=1S/C23H26FN3O3/c1-16(28)25-20-5-2-3-6-21(20)29-14-4-11-27-12-9-17(10-13-27)23-19-8-7-18(24)15-22(19)30-26-23/h2-3,5-8,15,17H,4,9-14H2,1H3,(H,25,28). The number of aromatic nitrogens is 1. The van der Waals surface area contributed by atoms with Gasteiger partial charge in [-0.05, 0) is 56.6 Å². The van der Waals surface area contributed by atoms with Crippen molar-refractivity contribution in [2.45, 2.75) is 32.1 Å². The Balaban J connectivity index is 1.23. The van der Waals surface area contributed by atoms with E-state index in [-0.39, 0.29) is 11.7 Å². The quantitative estimate of drug-likeness (QED) is 0.577. The smallest absolute Gasteiger partial charge is 0.221 e. The van der Waals surface area contributed by atoms with Crippen molar-refractivity contribution in [2.24, 2.45) is 0 Å². The van der Waals surface area contributed by atoms with Crippen molar-refractivity contribution in [3.05, 3.63) is 54.0 Å². The topological polar surface area (TPSA) is 67.6 Å². The number of piperidine rings is 1. The lowest BCUT2D eigenvalue weighted by atomic mass is 9.91.